The molecule has 2 atom stereocenters. The number of nitrogens with two attached hydrogens (primary N) is 1. The van der Waals surface area contributed by atoms with E-state index in [9.17, 15) is 4.79 Å². The zero-order chi connectivity index (χ0) is 11.7. The van der Waals surface area contributed by atoms with Crippen molar-refractivity contribution in [1.29, 1.82) is 0 Å². The van der Waals surface area contributed by atoms with Crippen LogP contribution in [0.1, 0.15) is 39.5 Å². The third kappa shape index (κ3) is 8.18. The number of hydrogen-bond donors (Lipinski definition) is 2. The molecule has 0 aromatic carbocycles. The van der Waals surface area contributed by atoms with Gasteiger partial charge >= 0.3 is 5.97 Å². The van der Waals surface area contributed by atoms with Gasteiger partial charge in [-0.2, -0.15) is 0 Å². The molecule has 88 valence electrons. The van der Waals surface area contributed by atoms with E-state index in [0.717, 1.165) is 19.3 Å². The largest absolute Gasteiger partial charge is 0.481 e. The second kappa shape index (κ2) is 8.48. The van der Waals surface area contributed by atoms with Crippen molar-refractivity contribution in [2.24, 2.45) is 17.6 Å². The summed E-state index contributed by atoms with van der Waals surface area (Å²) in [5, 5.41) is 8.67. The maximum atomic E-state index is 10.5. The third-order valence-electron chi connectivity index (χ3n) is 2.47. The summed E-state index contributed by atoms with van der Waals surface area (Å²) < 4.78 is 0. The van der Waals surface area contributed by atoms with Crippen LogP contribution >= 0.6 is 0 Å². The van der Waals surface area contributed by atoms with Crippen LogP contribution in [-0.4, -0.2) is 17.6 Å². The molecule has 0 rings (SSSR count). The first-order valence-corrected chi connectivity index (χ1v) is 5.67. The second-order valence-corrected chi connectivity index (χ2v) is 4.16. The normalized spacial score (nSPS) is 15.4. The lowest BCUT2D eigenvalue weighted by atomic mass is 9.91. The molecule has 0 saturated heterocycles. The molecule has 0 fully saturated rings. The van der Waals surface area contributed by atoms with Crippen molar-refractivity contribution in [3.05, 3.63) is 12.2 Å². The predicted molar refractivity (Wildman–Crippen MR) is 62.6 cm³/mol. The van der Waals surface area contributed by atoms with Crippen molar-refractivity contribution in [3.8, 4) is 0 Å². The average molecular weight is 213 g/mol. The molecule has 0 radical (unpaired) electrons. The number of rotatable bonds is 8. The molecule has 3 N–H and O–H groups in total. The van der Waals surface area contributed by atoms with E-state index in [1.54, 1.807) is 0 Å². The van der Waals surface area contributed by atoms with E-state index < -0.39 is 5.97 Å². The van der Waals surface area contributed by atoms with Crippen molar-refractivity contribution in [1.82, 2.24) is 0 Å². The minimum Gasteiger partial charge on any atom is -0.481 e. The van der Waals surface area contributed by atoms with Gasteiger partial charge in [0.25, 0.3) is 0 Å². The summed E-state index contributed by atoms with van der Waals surface area (Å²) in [6.07, 6.45) is 7.48. The van der Waals surface area contributed by atoms with Gasteiger partial charge in [-0.05, 0) is 37.6 Å². The van der Waals surface area contributed by atoms with Gasteiger partial charge in [0.1, 0.15) is 0 Å². The lowest BCUT2D eigenvalue weighted by molar-refractivity contribution is -0.138. The van der Waals surface area contributed by atoms with Gasteiger partial charge in [0, 0.05) is 6.42 Å². The summed E-state index contributed by atoms with van der Waals surface area (Å²) in [5.41, 5.74) is 5.54. The molecule has 0 aliphatic carbocycles. The summed E-state index contributed by atoms with van der Waals surface area (Å²) in [6.45, 7) is 4.72. The molecule has 0 aliphatic rings. The van der Waals surface area contributed by atoms with Crippen LogP contribution in [0.15, 0.2) is 12.2 Å². The standard InChI is InChI=1S/C12H23NO2/c1-3-4-5-6-10(2)7-11(9-13)8-12(14)15/h4-5,10-11H,3,6-9,13H2,1-2H3,(H,14,15)/b5-4+/t10-,11+/m1/s1. The third-order valence-corrected chi connectivity index (χ3v) is 2.47. The number of hydrogen-bond acceptors (Lipinski definition) is 2. The van der Waals surface area contributed by atoms with Crippen molar-refractivity contribution in [3.63, 3.8) is 0 Å². The quantitative estimate of drug-likeness (QED) is 0.609. The Bertz CT molecular complexity index is 202. The molecule has 0 aromatic rings. The van der Waals surface area contributed by atoms with Crippen LogP contribution in [-0.2, 0) is 4.79 Å². The SMILES string of the molecule is CC/C=C/C[C@@H](C)C[C@H](CN)CC(=O)O. The van der Waals surface area contributed by atoms with Gasteiger partial charge in [-0.15, -0.1) is 0 Å². The summed E-state index contributed by atoms with van der Waals surface area (Å²) >= 11 is 0. The summed E-state index contributed by atoms with van der Waals surface area (Å²) in [4.78, 5) is 10.5. The van der Waals surface area contributed by atoms with Crippen molar-refractivity contribution in [2.45, 2.75) is 39.5 Å². The first-order chi connectivity index (χ1) is 7.10. The van der Waals surface area contributed by atoms with E-state index in [0.29, 0.717) is 12.5 Å². The van der Waals surface area contributed by atoms with Gasteiger partial charge in [0.2, 0.25) is 0 Å². The van der Waals surface area contributed by atoms with E-state index in [-0.39, 0.29) is 12.3 Å². The minimum atomic E-state index is -0.748. The summed E-state index contributed by atoms with van der Waals surface area (Å²) in [6, 6.07) is 0. The first kappa shape index (κ1) is 14.2. The maximum absolute atomic E-state index is 10.5. The number of aliphatic carboxylic acids is 1. The average Bonchev–Trinajstić information content (AvgIpc) is 2.16. The Morgan fingerprint density at radius 2 is 2.13 bits per heavy atom. The van der Waals surface area contributed by atoms with Crippen LogP contribution in [0.25, 0.3) is 0 Å². The van der Waals surface area contributed by atoms with Crippen LogP contribution in [0.5, 0.6) is 0 Å². The lowest BCUT2D eigenvalue weighted by Crippen LogP contribution is -2.20. The van der Waals surface area contributed by atoms with Gasteiger partial charge < -0.3 is 10.8 Å². The summed E-state index contributed by atoms with van der Waals surface area (Å²) in [5.74, 6) is -0.116. The fourth-order valence-corrected chi connectivity index (χ4v) is 1.67. The van der Waals surface area contributed by atoms with Gasteiger partial charge in [-0.3, -0.25) is 4.79 Å². The smallest absolute Gasteiger partial charge is 0.303 e. The Morgan fingerprint density at radius 1 is 1.47 bits per heavy atom. The van der Waals surface area contributed by atoms with Crippen molar-refractivity contribution in [2.75, 3.05) is 6.54 Å². The van der Waals surface area contributed by atoms with Crippen molar-refractivity contribution >= 4 is 5.97 Å². The molecule has 3 nitrogen and oxygen atoms in total. The molecule has 0 unspecified atom stereocenters. The molecule has 0 heterocycles. The van der Waals surface area contributed by atoms with E-state index in [1.165, 1.54) is 0 Å². The highest BCUT2D eigenvalue weighted by molar-refractivity contribution is 5.67. The van der Waals surface area contributed by atoms with Crippen LogP contribution in [0, 0.1) is 11.8 Å². The molecule has 0 bridgehead atoms. The van der Waals surface area contributed by atoms with Gasteiger partial charge in [-0.1, -0.05) is 26.0 Å². The Balaban J connectivity index is 3.84. The summed E-state index contributed by atoms with van der Waals surface area (Å²) in [7, 11) is 0. The molecular formula is C12H23NO2. The molecular weight excluding hydrogens is 190 g/mol. The molecule has 0 aromatic heterocycles. The first-order valence-electron chi connectivity index (χ1n) is 5.67. The molecule has 0 aliphatic heterocycles. The highest BCUT2D eigenvalue weighted by Crippen LogP contribution is 2.18. The zero-order valence-electron chi connectivity index (χ0n) is 9.78. The van der Waals surface area contributed by atoms with Gasteiger partial charge in [0.05, 0.1) is 0 Å². The zero-order valence-corrected chi connectivity index (χ0v) is 9.78. The highest BCUT2D eigenvalue weighted by Gasteiger charge is 2.14. The second-order valence-electron chi connectivity index (χ2n) is 4.16. The minimum absolute atomic E-state index is 0.118. The molecule has 0 amide bonds. The van der Waals surface area contributed by atoms with Crippen LogP contribution in [0.3, 0.4) is 0 Å². The Hall–Kier alpha value is -0.830. The molecule has 0 spiro atoms. The molecule has 0 saturated carbocycles. The number of allylic oxidation sites excluding steroid dienone is 2. The number of carboxylic acids is 1. The molecule has 3 heteroatoms. The van der Waals surface area contributed by atoms with E-state index in [4.69, 9.17) is 10.8 Å². The Morgan fingerprint density at radius 3 is 2.60 bits per heavy atom. The maximum Gasteiger partial charge on any atom is 0.303 e. The number of carboxylic acid groups (broad SMARTS) is 1. The van der Waals surface area contributed by atoms with Crippen LogP contribution in [0.2, 0.25) is 0 Å². The topological polar surface area (TPSA) is 63.3 Å². The van der Waals surface area contributed by atoms with Gasteiger partial charge in [0.15, 0.2) is 0 Å². The Labute approximate surface area is 92.4 Å². The van der Waals surface area contributed by atoms with Crippen LogP contribution in [0.4, 0.5) is 0 Å². The van der Waals surface area contributed by atoms with E-state index in [1.807, 2.05) is 0 Å². The Kier molecular flexibility index (Phi) is 8.01. The van der Waals surface area contributed by atoms with Crippen molar-refractivity contribution < 1.29 is 9.90 Å². The van der Waals surface area contributed by atoms with E-state index >= 15 is 0 Å². The monoisotopic (exact) mass is 213 g/mol. The molecule has 15 heavy (non-hydrogen) atoms. The fourth-order valence-electron chi connectivity index (χ4n) is 1.67. The predicted octanol–water partition coefficient (Wildman–Crippen LogP) is 2.42. The lowest BCUT2D eigenvalue weighted by Gasteiger charge is -2.16. The number of carbonyl (C=O) groups is 1. The van der Waals surface area contributed by atoms with Gasteiger partial charge in [-0.25, -0.2) is 0 Å². The highest BCUT2D eigenvalue weighted by atomic mass is 16.4. The van der Waals surface area contributed by atoms with Crippen LogP contribution < -0.4 is 5.73 Å². The van der Waals surface area contributed by atoms with E-state index in [2.05, 4.69) is 26.0 Å². The fraction of sp³-hybridized carbons (Fsp3) is 0.750.